The van der Waals surface area contributed by atoms with E-state index in [1.54, 1.807) is 0 Å². The number of nitrogens with two attached hydrogens (primary N) is 1. The van der Waals surface area contributed by atoms with Crippen LogP contribution in [0.5, 0.6) is 0 Å². The monoisotopic (exact) mass is 193 g/mol. The van der Waals surface area contributed by atoms with Crippen LogP contribution in [-0.2, 0) is 9.47 Å². The van der Waals surface area contributed by atoms with E-state index in [1.807, 2.05) is 0 Å². The first-order valence-electron chi connectivity index (χ1n) is 3.80. The lowest BCUT2D eigenvalue weighted by atomic mass is 9.93. The first-order valence-corrected chi connectivity index (χ1v) is 3.80. The molecule has 7 heteroatoms. The van der Waals surface area contributed by atoms with Gasteiger partial charge in [-0.2, -0.15) is 0 Å². The lowest BCUT2D eigenvalue weighted by Gasteiger charge is -2.31. The van der Waals surface area contributed by atoms with Gasteiger partial charge in [-0.15, -0.1) is 0 Å². The molecule has 4 atom stereocenters. The smallest absolute Gasteiger partial charge is 0.325 e. The fourth-order valence-corrected chi connectivity index (χ4v) is 1.66. The third-order valence-electron chi connectivity index (χ3n) is 2.45. The molecule has 6 N–H and O–H groups in total. The second-order valence-corrected chi connectivity index (χ2v) is 3.35. The lowest BCUT2D eigenvalue weighted by molar-refractivity contribution is -0.398. The molecular formula is C6H11NO6. The molecule has 2 rings (SSSR count). The van der Waals surface area contributed by atoms with Crippen molar-refractivity contribution in [1.29, 1.82) is 0 Å². The zero-order valence-electron chi connectivity index (χ0n) is 6.62. The van der Waals surface area contributed by atoms with E-state index in [0.29, 0.717) is 0 Å². The number of fused-ring (bicyclic) bond motifs is 1. The summed E-state index contributed by atoms with van der Waals surface area (Å²) in [5, 5.41) is 37.0. The minimum atomic E-state index is -2.89. The first-order chi connectivity index (χ1) is 5.86. The van der Waals surface area contributed by atoms with Crippen molar-refractivity contribution in [2.45, 2.75) is 24.1 Å². The molecule has 0 aromatic carbocycles. The Hall–Kier alpha value is -0.280. The van der Waals surface area contributed by atoms with Gasteiger partial charge in [0.1, 0.15) is 0 Å². The van der Waals surface area contributed by atoms with E-state index in [0.717, 1.165) is 0 Å². The minimum Gasteiger partial charge on any atom is -0.390 e. The molecule has 0 saturated carbocycles. The van der Waals surface area contributed by atoms with Gasteiger partial charge in [0.05, 0.1) is 18.6 Å². The van der Waals surface area contributed by atoms with E-state index in [1.165, 1.54) is 0 Å². The zero-order chi connectivity index (χ0) is 9.85. The summed E-state index contributed by atoms with van der Waals surface area (Å²) in [5.74, 6) is -3.94. The van der Waals surface area contributed by atoms with Gasteiger partial charge in [-0.05, 0) is 0 Å². The Bertz CT molecular complexity index is 229. The van der Waals surface area contributed by atoms with Crippen molar-refractivity contribution < 1.29 is 29.9 Å². The van der Waals surface area contributed by atoms with Crippen LogP contribution in [0.2, 0.25) is 0 Å². The number of ether oxygens (including phenoxy) is 2. The molecule has 76 valence electrons. The topological polar surface area (TPSA) is 125 Å². The summed E-state index contributed by atoms with van der Waals surface area (Å²) >= 11 is 0. The second-order valence-electron chi connectivity index (χ2n) is 3.35. The number of aliphatic hydroxyl groups excluding tert-OH is 1. The highest BCUT2D eigenvalue weighted by Crippen LogP contribution is 2.43. The minimum absolute atomic E-state index is 0.0507. The normalized spacial score (nSPS) is 53.8. The van der Waals surface area contributed by atoms with Gasteiger partial charge in [-0.3, -0.25) is 10.5 Å². The van der Waals surface area contributed by atoms with Crippen molar-refractivity contribution in [3.05, 3.63) is 0 Å². The van der Waals surface area contributed by atoms with Crippen molar-refractivity contribution in [2.24, 2.45) is 11.7 Å². The lowest BCUT2D eigenvalue weighted by Crippen LogP contribution is -2.63. The molecule has 0 aromatic heterocycles. The van der Waals surface area contributed by atoms with E-state index in [9.17, 15) is 10.2 Å². The van der Waals surface area contributed by atoms with Gasteiger partial charge in [-0.25, -0.2) is 0 Å². The highest BCUT2D eigenvalue weighted by atomic mass is 16.8. The highest BCUT2D eigenvalue weighted by molar-refractivity contribution is 5.01. The fourth-order valence-electron chi connectivity index (χ4n) is 1.66. The van der Waals surface area contributed by atoms with Crippen LogP contribution in [0.25, 0.3) is 0 Å². The predicted octanol–water partition coefficient (Wildman–Crippen LogP) is -3.36. The number of hydrogen-bond acceptors (Lipinski definition) is 7. The molecule has 2 saturated heterocycles. The summed E-state index contributed by atoms with van der Waals surface area (Å²) in [6, 6.07) is 0. The van der Waals surface area contributed by atoms with Gasteiger partial charge >= 0.3 is 5.97 Å². The first kappa shape index (κ1) is 9.28. The van der Waals surface area contributed by atoms with Gasteiger partial charge < -0.3 is 25.2 Å². The predicted molar refractivity (Wildman–Crippen MR) is 36.6 cm³/mol. The van der Waals surface area contributed by atoms with Crippen molar-refractivity contribution in [3.63, 3.8) is 0 Å². The number of rotatable bonds is 0. The number of hydrogen-bond donors (Lipinski definition) is 5. The van der Waals surface area contributed by atoms with Gasteiger partial charge in [0.2, 0.25) is 5.72 Å². The molecule has 0 bridgehead atoms. The second kappa shape index (κ2) is 2.39. The van der Waals surface area contributed by atoms with Crippen molar-refractivity contribution in [2.75, 3.05) is 6.61 Å². The molecule has 2 heterocycles. The quantitative estimate of drug-likeness (QED) is 0.254. The third-order valence-corrected chi connectivity index (χ3v) is 2.45. The van der Waals surface area contributed by atoms with E-state index < -0.39 is 30.0 Å². The van der Waals surface area contributed by atoms with Gasteiger partial charge in [-0.1, -0.05) is 0 Å². The Morgan fingerprint density at radius 3 is 2.46 bits per heavy atom. The van der Waals surface area contributed by atoms with Crippen LogP contribution in [0, 0.1) is 5.92 Å². The third kappa shape index (κ3) is 1.03. The van der Waals surface area contributed by atoms with Crippen molar-refractivity contribution in [3.8, 4) is 0 Å². The van der Waals surface area contributed by atoms with Crippen molar-refractivity contribution in [1.82, 2.24) is 0 Å². The van der Waals surface area contributed by atoms with Gasteiger partial charge in [0, 0.05) is 0 Å². The number of aliphatic hydroxyl groups is 4. The van der Waals surface area contributed by atoms with Crippen LogP contribution >= 0.6 is 0 Å². The van der Waals surface area contributed by atoms with Gasteiger partial charge in [0.15, 0.2) is 6.29 Å². The average Bonchev–Trinajstić information content (AvgIpc) is 2.37. The standard InChI is InChI=1S/C6H11NO6/c7-5(9)3-2(8)1-12-4(3)13-6(5,10)11/h2-4,8-11H,1,7H2. The van der Waals surface area contributed by atoms with Gasteiger partial charge in [0.25, 0.3) is 0 Å². The molecule has 0 spiro atoms. The molecule has 0 amide bonds. The Balaban J connectivity index is 2.32. The molecule has 7 nitrogen and oxygen atoms in total. The molecule has 2 fully saturated rings. The molecule has 0 aromatic rings. The zero-order valence-corrected chi connectivity index (χ0v) is 6.62. The van der Waals surface area contributed by atoms with E-state index in [4.69, 9.17) is 20.7 Å². The van der Waals surface area contributed by atoms with Crippen LogP contribution in [-0.4, -0.2) is 51.1 Å². The van der Waals surface area contributed by atoms with Crippen LogP contribution in [0.3, 0.4) is 0 Å². The molecule has 0 aliphatic carbocycles. The van der Waals surface area contributed by atoms with Crippen LogP contribution < -0.4 is 5.73 Å². The molecule has 13 heavy (non-hydrogen) atoms. The fraction of sp³-hybridized carbons (Fsp3) is 1.00. The molecule has 2 aliphatic rings. The maximum absolute atomic E-state index is 9.48. The summed E-state index contributed by atoms with van der Waals surface area (Å²) in [6.45, 7) is -0.0507. The Kier molecular flexibility index (Phi) is 1.71. The Morgan fingerprint density at radius 1 is 1.31 bits per heavy atom. The van der Waals surface area contributed by atoms with Crippen LogP contribution in [0.4, 0.5) is 0 Å². The SMILES string of the molecule is NC1(O)C2C(O)COC2OC1(O)O. The summed E-state index contributed by atoms with van der Waals surface area (Å²) in [5.41, 5.74) is 2.80. The summed E-state index contributed by atoms with van der Waals surface area (Å²) in [4.78, 5) is 0. The molecule has 2 aliphatic heterocycles. The van der Waals surface area contributed by atoms with Crippen molar-refractivity contribution >= 4 is 0 Å². The maximum Gasteiger partial charge on any atom is 0.325 e. The highest BCUT2D eigenvalue weighted by Gasteiger charge is 2.68. The largest absolute Gasteiger partial charge is 0.390 e. The molecule has 0 radical (unpaired) electrons. The van der Waals surface area contributed by atoms with Crippen LogP contribution in [0.1, 0.15) is 0 Å². The Labute approximate surface area is 73.3 Å². The molecule has 4 unspecified atom stereocenters. The summed E-state index contributed by atoms with van der Waals surface area (Å²) in [7, 11) is 0. The summed E-state index contributed by atoms with van der Waals surface area (Å²) < 4.78 is 9.34. The maximum atomic E-state index is 9.48. The van der Waals surface area contributed by atoms with E-state index in [2.05, 4.69) is 4.74 Å². The average molecular weight is 193 g/mol. The Morgan fingerprint density at radius 2 is 1.92 bits per heavy atom. The van der Waals surface area contributed by atoms with E-state index >= 15 is 0 Å². The van der Waals surface area contributed by atoms with Crippen LogP contribution in [0.15, 0.2) is 0 Å². The summed E-state index contributed by atoms with van der Waals surface area (Å²) in [6.07, 6.45) is -2.15. The molecular weight excluding hydrogens is 182 g/mol. The van der Waals surface area contributed by atoms with E-state index in [-0.39, 0.29) is 6.61 Å².